The lowest BCUT2D eigenvalue weighted by Gasteiger charge is -2.23. The molecule has 3 aromatic rings. The summed E-state index contributed by atoms with van der Waals surface area (Å²) in [4.78, 5) is 40.0. The van der Waals surface area contributed by atoms with Crippen LogP contribution in [0.3, 0.4) is 0 Å². The Bertz CT molecular complexity index is 1480. The predicted octanol–water partition coefficient (Wildman–Crippen LogP) is 4.01. The van der Waals surface area contributed by atoms with Crippen molar-refractivity contribution in [1.82, 2.24) is 4.57 Å². The maximum Gasteiger partial charge on any atom is 0.357 e. The Labute approximate surface area is 222 Å². The van der Waals surface area contributed by atoms with Crippen molar-refractivity contribution in [2.45, 2.75) is 12.2 Å². The lowest BCUT2D eigenvalue weighted by Crippen LogP contribution is -2.42. The molecule has 0 spiro atoms. The molecule has 0 saturated carbocycles. The van der Waals surface area contributed by atoms with E-state index in [1.807, 2.05) is 30.3 Å². The molecule has 0 radical (unpaired) electrons. The number of aromatic nitrogens is 1. The predicted molar refractivity (Wildman–Crippen MR) is 142 cm³/mol. The minimum absolute atomic E-state index is 0.0393. The Kier molecular flexibility index (Phi) is 7.53. The van der Waals surface area contributed by atoms with Crippen molar-refractivity contribution < 1.29 is 23.9 Å². The summed E-state index contributed by atoms with van der Waals surface area (Å²) >= 11 is 7.94. The highest BCUT2D eigenvalue weighted by Gasteiger charge is 2.38. The van der Waals surface area contributed by atoms with Crippen molar-refractivity contribution in [3.05, 3.63) is 84.9 Å². The molecule has 1 aromatic heterocycles. The van der Waals surface area contributed by atoms with Gasteiger partial charge in [-0.25, -0.2) is 9.59 Å². The summed E-state index contributed by atoms with van der Waals surface area (Å²) in [5.74, 6) is -1.81. The number of hydrogen-bond donors (Lipinski definition) is 1. The fourth-order valence-corrected chi connectivity index (χ4v) is 5.85. The van der Waals surface area contributed by atoms with Crippen LogP contribution in [0.5, 0.6) is 0 Å². The monoisotopic (exact) mass is 618 g/mol. The second-order valence-electron chi connectivity index (χ2n) is 7.49. The number of hydrogen-bond acceptors (Lipinski definition) is 7. The first-order chi connectivity index (χ1) is 16.8. The van der Waals surface area contributed by atoms with Crippen LogP contribution in [0.15, 0.2) is 57.5 Å². The number of nitrogens with two attached hydrogens (primary N) is 1. The fraction of sp³-hybridized carbons (Fsp3) is 0.160. The van der Waals surface area contributed by atoms with Crippen molar-refractivity contribution in [1.29, 1.82) is 0 Å². The second kappa shape index (κ2) is 10.4. The van der Waals surface area contributed by atoms with E-state index in [2.05, 4.69) is 31.9 Å². The molecule has 180 valence electrons. The summed E-state index contributed by atoms with van der Waals surface area (Å²) in [6, 6.07) is 14.6. The van der Waals surface area contributed by atoms with E-state index in [9.17, 15) is 14.4 Å². The fourth-order valence-electron chi connectivity index (χ4n) is 3.82. The molecule has 4 rings (SSSR count). The van der Waals surface area contributed by atoms with Gasteiger partial charge in [-0.05, 0) is 48.4 Å². The largest absolute Gasteiger partial charge is 0.464 e. The lowest BCUT2D eigenvalue weighted by molar-refractivity contribution is -0.135. The molecule has 2 aromatic carbocycles. The average molecular weight is 620 g/mol. The van der Waals surface area contributed by atoms with Crippen molar-refractivity contribution in [2.75, 3.05) is 19.5 Å². The van der Waals surface area contributed by atoms with Gasteiger partial charge >= 0.3 is 11.9 Å². The van der Waals surface area contributed by atoms with Crippen LogP contribution in [0.1, 0.15) is 38.6 Å². The number of ether oxygens (including phenoxy) is 2. The summed E-state index contributed by atoms with van der Waals surface area (Å²) in [5, 5.41) is -0.240. The molecule has 10 heteroatoms. The zero-order valence-corrected chi connectivity index (χ0v) is 22.7. The highest BCUT2D eigenvalue weighted by atomic mass is 79.9. The van der Waals surface area contributed by atoms with E-state index in [-0.39, 0.29) is 28.2 Å². The normalized spacial score (nSPS) is 15.7. The first kappa shape index (κ1) is 25.3. The molecule has 0 amide bonds. The van der Waals surface area contributed by atoms with Gasteiger partial charge in [0.25, 0.3) is 0 Å². The van der Waals surface area contributed by atoms with Crippen LogP contribution in [-0.4, -0.2) is 36.1 Å². The van der Waals surface area contributed by atoms with Gasteiger partial charge in [-0.1, -0.05) is 67.9 Å². The SMILES string of the molecule is CCOC(=O)C1=c2/c(=C/c3cccc(Br)c3)c(N)c(C(=O)OC)n2C(=O)C(c2cccc(Br)c2)S1. The third-order valence-corrected chi connectivity index (χ3v) is 7.59. The van der Waals surface area contributed by atoms with Crippen LogP contribution in [-0.2, 0) is 14.3 Å². The number of esters is 2. The minimum atomic E-state index is -0.812. The Hall–Kier alpha value is -2.82. The number of thioether (sulfide) groups is 1. The third kappa shape index (κ3) is 4.82. The van der Waals surface area contributed by atoms with Crippen LogP contribution < -0.4 is 16.3 Å². The highest BCUT2D eigenvalue weighted by molar-refractivity contribution is 9.10. The van der Waals surface area contributed by atoms with Gasteiger partial charge in [0.05, 0.1) is 24.8 Å². The zero-order chi connectivity index (χ0) is 25.3. The lowest BCUT2D eigenvalue weighted by atomic mass is 10.1. The first-order valence-corrected chi connectivity index (χ1v) is 13.0. The number of methoxy groups -OCH3 is 1. The molecule has 1 atom stereocenters. The molecule has 0 saturated heterocycles. The number of halogens is 2. The molecule has 1 unspecified atom stereocenters. The third-order valence-electron chi connectivity index (χ3n) is 5.29. The van der Waals surface area contributed by atoms with E-state index >= 15 is 0 Å². The van der Waals surface area contributed by atoms with E-state index in [0.717, 1.165) is 26.3 Å². The molecular weight excluding hydrogens is 600 g/mol. The van der Waals surface area contributed by atoms with Crippen molar-refractivity contribution in [2.24, 2.45) is 0 Å². The Morgan fingerprint density at radius 3 is 2.43 bits per heavy atom. The smallest absolute Gasteiger partial charge is 0.357 e. The minimum Gasteiger partial charge on any atom is -0.464 e. The molecular formula is C25H20Br2N2O5S. The van der Waals surface area contributed by atoms with E-state index in [4.69, 9.17) is 15.2 Å². The number of benzene rings is 2. The molecule has 1 aliphatic heterocycles. The zero-order valence-electron chi connectivity index (χ0n) is 18.7. The Balaban J connectivity index is 2.11. The highest BCUT2D eigenvalue weighted by Crippen LogP contribution is 2.40. The van der Waals surface area contributed by atoms with E-state index in [0.29, 0.717) is 10.8 Å². The van der Waals surface area contributed by atoms with E-state index in [1.165, 1.54) is 11.7 Å². The van der Waals surface area contributed by atoms with Crippen LogP contribution in [0.25, 0.3) is 11.0 Å². The number of rotatable bonds is 5. The summed E-state index contributed by atoms with van der Waals surface area (Å²) < 4.78 is 13.1. The number of anilines is 1. The Morgan fingerprint density at radius 1 is 1.11 bits per heavy atom. The van der Waals surface area contributed by atoms with E-state index < -0.39 is 23.1 Å². The topological polar surface area (TPSA) is 101 Å². The second-order valence-corrected chi connectivity index (χ2v) is 10.4. The molecule has 2 N–H and O–H groups in total. The maximum absolute atomic E-state index is 13.8. The van der Waals surface area contributed by atoms with Gasteiger partial charge in [0.15, 0.2) is 5.69 Å². The number of carbonyl (C=O) groups excluding carboxylic acids is 3. The van der Waals surface area contributed by atoms with Gasteiger partial charge in [-0.15, -0.1) is 0 Å². The quantitative estimate of drug-likeness (QED) is 0.431. The molecule has 0 bridgehead atoms. The summed E-state index contributed by atoms with van der Waals surface area (Å²) in [7, 11) is 1.21. The van der Waals surface area contributed by atoms with Crippen LogP contribution >= 0.6 is 43.6 Å². The maximum atomic E-state index is 13.8. The summed E-state index contributed by atoms with van der Waals surface area (Å²) in [5.41, 5.74) is 7.77. The van der Waals surface area contributed by atoms with Crippen molar-refractivity contribution in [3.8, 4) is 0 Å². The van der Waals surface area contributed by atoms with Gasteiger partial charge < -0.3 is 15.2 Å². The molecule has 2 heterocycles. The number of fused-ring (bicyclic) bond motifs is 1. The molecule has 35 heavy (non-hydrogen) atoms. The number of nitrogens with zero attached hydrogens (tertiary/aromatic N) is 1. The van der Waals surface area contributed by atoms with Crippen molar-refractivity contribution >= 4 is 78.1 Å². The number of carbonyl (C=O) groups is 3. The molecule has 0 fully saturated rings. The van der Waals surface area contributed by atoms with Gasteiger partial charge in [0, 0.05) is 14.2 Å². The first-order valence-electron chi connectivity index (χ1n) is 10.5. The van der Waals surface area contributed by atoms with Gasteiger partial charge in [0.1, 0.15) is 10.2 Å². The van der Waals surface area contributed by atoms with Gasteiger partial charge in [0.2, 0.25) is 5.91 Å². The Morgan fingerprint density at radius 2 is 1.80 bits per heavy atom. The van der Waals surface area contributed by atoms with Crippen molar-refractivity contribution in [3.63, 3.8) is 0 Å². The summed E-state index contributed by atoms with van der Waals surface area (Å²) in [6.07, 6.45) is 1.73. The summed E-state index contributed by atoms with van der Waals surface area (Å²) in [6.45, 7) is 1.84. The van der Waals surface area contributed by atoms with Gasteiger partial charge in [-0.2, -0.15) is 0 Å². The molecule has 0 aliphatic carbocycles. The average Bonchev–Trinajstić information content (AvgIpc) is 3.11. The number of nitrogen functional groups attached to an aromatic ring is 1. The standard InChI is InChI=1S/C25H20Br2N2O5S/c1-3-34-25(32)22-19-17(11-13-6-4-8-15(26)10-13)18(28)20(24(31)33-2)29(19)23(30)21(35-22)14-7-5-9-16(27)12-14/h4-12,21H,3,28H2,1-2H3/b17-11+. The van der Waals surface area contributed by atoms with E-state index in [1.54, 1.807) is 31.2 Å². The van der Waals surface area contributed by atoms with Gasteiger partial charge in [-0.3, -0.25) is 9.36 Å². The van der Waals surface area contributed by atoms with Crippen LogP contribution in [0.4, 0.5) is 5.69 Å². The molecule has 1 aliphatic rings. The van der Waals surface area contributed by atoms with Crippen LogP contribution in [0, 0.1) is 0 Å². The van der Waals surface area contributed by atoms with Crippen LogP contribution in [0.2, 0.25) is 0 Å². The molecule has 7 nitrogen and oxygen atoms in total.